The molecule has 1 aliphatic rings. The van der Waals surface area contributed by atoms with Crippen LogP contribution in [0.3, 0.4) is 0 Å². The number of hydrogen-bond donors (Lipinski definition) is 3. The number of amides is 2. The zero-order valence-electron chi connectivity index (χ0n) is 13.0. The number of phenolic OH excluding ortho intramolecular Hbond substituents is 1. The Balaban J connectivity index is 1.94. The first-order valence-corrected chi connectivity index (χ1v) is 7.64. The van der Waals surface area contributed by atoms with Crippen LogP contribution in [-0.4, -0.2) is 40.4 Å². The van der Waals surface area contributed by atoms with Gasteiger partial charge in [0.2, 0.25) is 0 Å². The smallest absolute Gasteiger partial charge is 0.273 e. The van der Waals surface area contributed by atoms with Crippen LogP contribution >= 0.6 is 0 Å². The molecular formula is C16H23N3O3. The maximum atomic E-state index is 12.3. The Kier molecular flexibility index (Phi) is 5.38. The topological polar surface area (TPSA) is 81.7 Å². The van der Waals surface area contributed by atoms with Crippen LogP contribution in [0.1, 0.15) is 43.5 Å². The molecule has 3 N–H and O–H groups in total. The van der Waals surface area contributed by atoms with Crippen LogP contribution in [0.5, 0.6) is 5.75 Å². The third-order valence-electron chi connectivity index (χ3n) is 3.96. The number of nitrogens with zero attached hydrogens (tertiary/aromatic N) is 1. The number of likely N-dealkylation sites (tertiary alicyclic amines) is 1. The molecule has 1 heterocycles. The van der Waals surface area contributed by atoms with E-state index in [9.17, 15) is 14.7 Å². The first-order valence-electron chi connectivity index (χ1n) is 7.64. The number of benzene rings is 1. The van der Waals surface area contributed by atoms with Crippen LogP contribution in [0.2, 0.25) is 0 Å². The van der Waals surface area contributed by atoms with Crippen molar-refractivity contribution in [1.82, 2.24) is 15.8 Å². The Morgan fingerprint density at radius 1 is 1.23 bits per heavy atom. The lowest BCUT2D eigenvalue weighted by Crippen LogP contribution is -2.55. The van der Waals surface area contributed by atoms with Gasteiger partial charge in [-0.05, 0) is 45.4 Å². The quantitative estimate of drug-likeness (QED) is 0.738. The van der Waals surface area contributed by atoms with E-state index >= 15 is 0 Å². The first-order chi connectivity index (χ1) is 10.5. The summed E-state index contributed by atoms with van der Waals surface area (Å²) in [5.41, 5.74) is 4.97. The third kappa shape index (κ3) is 3.76. The molecule has 2 rings (SSSR count). The summed E-state index contributed by atoms with van der Waals surface area (Å²) < 4.78 is 0. The van der Waals surface area contributed by atoms with Gasteiger partial charge in [-0.2, -0.15) is 0 Å². The number of piperidine rings is 1. The van der Waals surface area contributed by atoms with E-state index in [1.54, 1.807) is 12.1 Å². The maximum Gasteiger partial charge on any atom is 0.273 e. The fraction of sp³-hybridized carbons (Fsp3) is 0.500. The number of aromatic hydroxyl groups is 1. The second kappa shape index (κ2) is 7.26. The SMILES string of the molecule is CC(C)N1CCCCC1C(=O)NNC(=O)c1ccccc1O. The molecule has 0 aromatic heterocycles. The summed E-state index contributed by atoms with van der Waals surface area (Å²) >= 11 is 0. The van der Waals surface area contributed by atoms with Gasteiger partial charge >= 0.3 is 0 Å². The standard InChI is InChI=1S/C16H23N3O3/c1-11(2)19-10-6-5-8-13(19)16(22)18-17-15(21)12-7-3-4-9-14(12)20/h3-4,7,9,11,13,20H,5-6,8,10H2,1-2H3,(H,17,21)(H,18,22). The predicted octanol–water partition coefficient (Wildman–Crippen LogP) is 1.42. The Morgan fingerprint density at radius 3 is 2.64 bits per heavy atom. The molecule has 0 saturated carbocycles. The minimum absolute atomic E-state index is 0.115. The van der Waals surface area contributed by atoms with Gasteiger partial charge in [-0.15, -0.1) is 0 Å². The lowest BCUT2D eigenvalue weighted by molar-refractivity contribution is -0.129. The number of rotatable bonds is 3. The van der Waals surface area contributed by atoms with Gasteiger partial charge in [-0.1, -0.05) is 18.6 Å². The third-order valence-corrected chi connectivity index (χ3v) is 3.96. The zero-order chi connectivity index (χ0) is 16.1. The molecule has 22 heavy (non-hydrogen) atoms. The Hall–Kier alpha value is -2.08. The van der Waals surface area contributed by atoms with Gasteiger partial charge in [-0.3, -0.25) is 25.3 Å². The molecule has 1 fully saturated rings. The van der Waals surface area contributed by atoms with E-state index in [1.807, 2.05) is 0 Å². The lowest BCUT2D eigenvalue weighted by Gasteiger charge is -2.37. The van der Waals surface area contributed by atoms with Crippen LogP contribution in [0.25, 0.3) is 0 Å². The van der Waals surface area contributed by atoms with Crippen LogP contribution in [0.4, 0.5) is 0 Å². The number of carbonyl (C=O) groups is 2. The minimum Gasteiger partial charge on any atom is -0.507 e. The van der Waals surface area contributed by atoms with Crippen LogP contribution in [-0.2, 0) is 4.79 Å². The molecule has 1 aliphatic heterocycles. The summed E-state index contributed by atoms with van der Waals surface area (Å²) in [6.45, 7) is 5.02. The van der Waals surface area contributed by atoms with Crippen molar-refractivity contribution in [1.29, 1.82) is 0 Å². The fourth-order valence-corrected chi connectivity index (χ4v) is 2.79. The number of para-hydroxylation sites is 1. The van der Waals surface area contributed by atoms with Crippen molar-refractivity contribution < 1.29 is 14.7 Å². The molecule has 120 valence electrons. The van der Waals surface area contributed by atoms with Crippen molar-refractivity contribution in [3.8, 4) is 5.75 Å². The highest BCUT2D eigenvalue weighted by atomic mass is 16.3. The summed E-state index contributed by atoms with van der Waals surface area (Å²) in [6, 6.07) is 6.27. The number of carbonyl (C=O) groups excluding carboxylic acids is 2. The molecule has 0 aliphatic carbocycles. The molecule has 1 aromatic rings. The van der Waals surface area contributed by atoms with E-state index in [0.29, 0.717) is 0 Å². The highest BCUT2D eigenvalue weighted by Gasteiger charge is 2.30. The zero-order valence-corrected chi connectivity index (χ0v) is 13.0. The average molecular weight is 305 g/mol. The van der Waals surface area contributed by atoms with E-state index in [1.165, 1.54) is 12.1 Å². The van der Waals surface area contributed by atoms with E-state index in [0.717, 1.165) is 25.8 Å². The van der Waals surface area contributed by atoms with Gasteiger partial charge < -0.3 is 5.11 Å². The maximum absolute atomic E-state index is 12.3. The molecule has 0 bridgehead atoms. The summed E-state index contributed by atoms with van der Waals surface area (Å²) in [5, 5.41) is 9.63. The van der Waals surface area contributed by atoms with Gasteiger partial charge in [-0.25, -0.2) is 0 Å². The van der Waals surface area contributed by atoms with E-state index in [2.05, 4.69) is 29.6 Å². The summed E-state index contributed by atoms with van der Waals surface area (Å²) in [7, 11) is 0. The Morgan fingerprint density at radius 2 is 1.95 bits per heavy atom. The average Bonchev–Trinajstić information content (AvgIpc) is 2.52. The van der Waals surface area contributed by atoms with Gasteiger partial charge in [0.25, 0.3) is 11.8 Å². The Labute approximate surface area is 130 Å². The molecule has 1 unspecified atom stereocenters. The van der Waals surface area contributed by atoms with E-state index in [4.69, 9.17) is 0 Å². The lowest BCUT2D eigenvalue weighted by atomic mass is 10.00. The summed E-state index contributed by atoms with van der Waals surface area (Å²) in [6.07, 6.45) is 2.89. The van der Waals surface area contributed by atoms with Gasteiger partial charge in [0.05, 0.1) is 11.6 Å². The van der Waals surface area contributed by atoms with Gasteiger partial charge in [0.15, 0.2) is 0 Å². The Bertz CT molecular complexity index is 545. The molecule has 1 aromatic carbocycles. The molecule has 0 spiro atoms. The van der Waals surface area contributed by atoms with Crippen LogP contribution < -0.4 is 10.9 Å². The molecule has 6 heteroatoms. The second-order valence-corrected chi connectivity index (χ2v) is 5.80. The largest absolute Gasteiger partial charge is 0.507 e. The fourth-order valence-electron chi connectivity index (χ4n) is 2.79. The predicted molar refractivity (Wildman–Crippen MR) is 83.2 cm³/mol. The molecular weight excluding hydrogens is 282 g/mol. The molecule has 2 amide bonds. The molecule has 0 radical (unpaired) electrons. The van der Waals surface area contributed by atoms with Gasteiger partial charge in [0.1, 0.15) is 5.75 Å². The summed E-state index contributed by atoms with van der Waals surface area (Å²) in [5.74, 6) is -0.855. The molecule has 6 nitrogen and oxygen atoms in total. The number of nitrogens with one attached hydrogen (secondary N) is 2. The van der Waals surface area contributed by atoms with Crippen molar-refractivity contribution >= 4 is 11.8 Å². The highest BCUT2D eigenvalue weighted by molar-refractivity contribution is 5.98. The van der Waals surface area contributed by atoms with Crippen molar-refractivity contribution in [2.75, 3.05) is 6.54 Å². The number of hydrazine groups is 1. The van der Waals surface area contributed by atoms with Crippen molar-refractivity contribution in [3.63, 3.8) is 0 Å². The van der Waals surface area contributed by atoms with Crippen molar-refractivity contribution in [2.24, 2.45) is 0 Å². The van der Waals surface area contributed by atoms with Gasteiger partial charge in [0, 0.05) is 6.04 Å². The van der Waals surface area contributed by atoms with Crippen LogP contribution in [0.15, 0.2) is 24.3 Å². The highest BCUT2D eigenvalue weighted by Crippen LogP contribution is 2.19. The number of hydrogen-bond acceptors (Lipinski definition) is 4. The van der Waals surface area contributed by atoms with E-state index < -0.39 is 5.91 Å². The first kappa shape index (κ1) is 16.3. The number of phenols is 1. The summed E-state index contributed by atoms with van der Waals surface area (Å²) in [4.78, 5) is 26.4. The molecule has 1 saturated heterocycles. The van der Waals surface area contributed by atoms with Crippen LogP contribution in [0, 0.1) is 0 Å². The van der Waals surface area contributed by atoms with E-state index in [-0.39, 0.29) is 29.3 Å². The minimum atomic E-state index is -0.529. The second-order valence-electron chi connectivity index (χ2n) is 5.80. The molecule has 1 atom stereocenters. The normalized spacial score (nSPS) is 19.0. The van der Waals surface area contributed by atoms with Crippen molar-refractivity contribution in [2.45, 2.75) is 45.2 Å². The monoisotopic (exact) mass is 305 g/mol. The van der Waals surface area contributed by atoms with Crippen molar-refractivity contribution in [3.05, 3.63) is 29.8 Å².